The third-order valence-corrected chi connectivity index (χ3v) is 8.94. The first-order valence-corrected chi connectivity index (χ1v) is 15.3. The highest BCUT2D eigenvalue weighted by atomic mass is 127. The van der Waals surface area contributed by atoms with E-state index in [1.807, 2.05) is 28.5 Å². The van der Waals surface area contributed by atoms with E-state index in [9.17, 15) is 9.59 Å². The first-order chi connectivity index (χ1) is 17.8. The number of rotatable bonds is 3. The molecule has 0 unspecified atom stereocenters. The lowest BCUT2D eigenvalue weighted by molar-refractivity contribution is 0.0912. The smallest absolute Gasteiger partial charge is 0.274 e. The van der Waals surface area contributed by atoms with Crippen LogP contribution >= 0.6 is 30.3 Å². The molecule has 4 heterocycles. The number of fused-ring (bicyclic) bond motifs is 3. The van der Waals surface area contributed by atoms with Gasteiger partial charge in [-0.25, -0.2) is 19.3 Å². The Bertz CT molecular complexity index is 1800. The Morgan fingerprint density at radius 1 is 1.14 bits per heavy atom. The fraction of sp³-hybridized carbons (Fsp3) is 0.259. The van der Waals surface area contributed by atoms with Crippen LogP contribution in [0.1, 0.15) is 28.4 Å². The predicted octanol–water partition coefficient (Wildman–Crippen LogP) is 5.22. The summed E-state index contributed by atoms with van der Waals surface area (Å²) in [7, 11) is 5.28. The molecule has 10 heteroatoms. The average molecular weight is 625 g/mol. The number of benzene rings is 2. The van der Waals surface area contributed by atoms with Gasteiger partial charge in [0.2, 0.25) is 5.91 Å². The Kier molecular flexibility index (Phi) is 6.00. The summed E-state index contributed by atoms with van der Waals surface area (Å²) in [4.78, 5) is 37.3. The van der Waals surface area contributed by atoms with Crippen molar-refractivity contribution in [1.29, 1.82) is 0 Å². The molecule has 0 saturated carbocycles. The number of hydrogen-bond donors (Lipinski definition) is 0. The monoisotopic (exact) mass is 624 g/mol. The van der Waals surface area contributed by atoms with E-state index in [1.54, 1.807) is 13.1 Å². The topological polar surface area (TPSA) is 78.0 Å². The largest absolute Gasteiger partial charge is 0.302 e. The second kappa shape index (κ2) is 9.10. The first-order valence-electron chi connectivity index (χ1n) is 12.0. The van der Waals surface area contributed by atoms with Gasteiger partial charge < -0.3 is 4.90 Å². The van der Waals surface area contributed by atoms with E-state index in [2.05, 4.69) is 52.2 Å². The summed E-state index contributed by atoms with van der Waals surface area (Å²) in [5.41, 5.74) is 9.67. The van der Waals surface area contributed by atoms with E-state index in [0.717, 1.165) is 53.1 Å². The number of hydrogen-bond acceptors (Lipinski definition) is 6. The van der Waals surface area contributed by atoms with Crippen LogP contribution in [0.2, 0.25) is 0 Å². The first kappa shape index (κ1) is 24.4. The lowest BCUT2D eigenvalue weighted by atomic mass is 9.92. The van der Waals surface area contributed by atoms with Gasteiger partial charge in [-0.3, -0.25) is 13.6 Å². The van der Waals surface area contributed by atoms with Crippen LogP contribution in [0.15, 0.2) is 47.5 Å². The summed E-state index contributed by atoms with van der Waals surface area (Å²) in [6, 6.07) is 10.1. The van der Waals surface area contributed by atoms with Crippen molar-refractivity contribution in [3.05, 3.63) is 69.8 Å². The third-order valence-electron chi connectivity index (χ3n) is 7.24. The number of aryl methyl sites for hydroxylation is 1. The minimum absolute atomic E-state index is 0.197. The minimum atomic E-state index is -0.215. The van der Waals surface area contributed by atoms with E-state index >= 15 is 0 Å². The van der Waals surface area contributed by atoms with Crippen LogP contribution in [-0.4, -0.2) is 47.7 Å². The van der Waals surface area contributed by atoms with Crippen LogP contribution in [0.25, 0.3) is 44.5 Å². The molecule has 37 heavy (non-hydrogen) atoms. The van der Waals surface area contributed by atoms with E-state index < -0.39 is 0 Å². The molecular formula is C27H25IN6O2S. The van der Waals surface area contributed by atoms with Gasteiger partial charge in [-0.2, -0.15) is 0 Å². The van der Waals surface area contributed by atoms with Crippen molar-refractivity contribution in [3.63, 3.8) is 0 Å². The van der Waals surface area contributed by atoms with Crippen molar-refractivity contribution >= 4 is 58.3 Å². The molecule has 1 aliphatic rings. The number of nitrogens with zero attached hydrogens (tertiary/aromatic N) is 6. The normalized spacial score (nSPS) is 14.0. The molecule has 0 bridgehead atoms. The fourth-order valence-corrected chi connectivity index (χ4v) is 6.68. The van der Waals surface area contributed by atoms with Crippen LogP contribution in [0.5, 0.6) is 0 Å². The summed E-state index contributed by atoms with van der Waals surface area (Å²) in [6.07, 6.45) is 4.92. The Morgan fingerprint density at radius 2 is 1.95 bits per heavy atom. The number of halogens is 1. The molecule has 188 valence electrons. The van der Waals surface area contributed by atoms with Crippen molar-refractivity contribution < 1.29 is 4.79 Å². The summed E-state index contributed by atoms with van der Waals surface area (Å²) >= 11 is 2.23. The third kappa shape index (κ3) is 3.93. The summed E-state index contributed by atoms with van der Waals surface area (Å²) in [6.45, 7) is 5.65. The van der Waals surface area contributed by atoms with Crippen molar-refractivity contribution in [1.82, 2.24) is 28.2 Å². The Hall–Kier alpha value is -2.96. The van der Waals surface area contributed by atoms with Crippen molar-refractivity contribution in [3.8, 4) is 22.4 Å². The molecule has 0 aliphatic carbocycles. The highest BCUT2D eigenvalue weighted by Crippen LogP contribution is 2.36. The van der Waals surface area contributed by atoms with E-state index in [0.29, 0.717) is 10.9 Å². The molecule has 2 aromatic carbocycles. The second-order valence-corrected chi connectivity index (χ2v) is 11.4. The number of likely N-dealkylation sites (N-methyl/N-ethyl adjacent to an activating group) is 1. The van der Waals surface area contributed by atoms with E-state index in [1.165, 1.54) is 42.1 Å². The molecule has 0 saturated heterocycles. The highest BCUT2D eigenvalue weighted by Gasteiger charge is 2.20. The minimum Gasteiger partial charge on any atom is -0.302 e. The lowest BCUT2D eigenvalue weighted by Crippen LogP contribution is -2.27. The molecule has 0 amide bonds. The van der Waals surface area contributed by atoms with Gasteiger partial charge >= 0.3 is 0 Å². The highest BCUT2D eigenvalue weighted by molar-refractivity contribution is 14.2. The van der Waals surface area contributed by atoms with Gasteiger partial charge in [0.1, 0.15) is 5.52 Å². The van der Waals surface area contributed by atoms with Crippen molar-refractivity contribution in [2.75, 3.05) is 13.6 Å². The average Bonchev–Trinajstić information content (AvgIpc) is 3.37. The zero-order valence-corrected chi connectivity index (χ0v) is 23.9. The molecule has 8 nitrogen and oxygen atoms in total. The Balaban J connectivity index is 1.54. The van der Waals surface area contributed by atoms with Crippen molar-refractivity contribution in [2.45, 2.75) is 26.8 Å². The van der Waals surface area contributed by atoms with Gasteiger partial charge in [-0.1, -0.05) is 6.07 Å². The van der Waals surface area contributed by atoms with Crippen molar-refractivity contribution in [2.24, 2.45) is 7.05 Å². The molecule has 0 atom stereocenters. The SMILES string of the molecule is CC(=O)n1c2cc(-c3cn(SI)c4ncc(-c5cc(C)c6c(c5)CN(C)CC6)nc34)ccc2c(=O)n1C. The molecule has 3 aromatic heterocycles. The molecule has 0 spiro atoms. The molecular weight excluding hydrogens is 599 g/mol. The van der Waals surface area contributed by atoms with Crippen LogP contribution in [0.4, 0.5) is 0 Å². The van der Waals surface area contributed by atoms with Gasteiger partial charge in [0, 0.05) is 74.7 Å². The predicted molar refractivity (Wildman–Crippen MR) is 157 cm³/mol. The van der Waals surface area contributed by atoms with Crippen LogP contribution in [0.3, 0.4) is 0 Å². The molecule has 0 N–H and O–H groups in total. The maximum absolute atomic E-state index is 12.7. The van der Waals surface area contributed by atoms with Gasteiger partial charge in [0.15, 0.2) is 5.65 Å². The Morgan fingerprint density at radius 3 is 2.70 bits per heavy atom. The standard InChI is InChI=1S/C27H25IN6O2S/c1-15-9-18(10-19-13-31(3)8-7-20(15)19)23-12-29-26-25(30-23)22(14-33(26)37-28)17-5-6-21-24(11-17)34(16(2)35)32(4)27(21)36/h5-6,9-12,14H,7-8,13H2,1-4H3. The van der Waals surface area contributed by atoms with E-state index in [4.69, 9.17) is 9.97 Å². The lowest BCUT2D eigenvalue weighted by Gasteiger charge is -2.27. The van der Waals surface area contributed by atoms with Crippen LogP contribution < -0.4 is 5.56 Å². The number of carbonyl (C=O) groups is 1. The Labute approximate surface area is 230 Å². The molecule has 5 aromatic rings. The molecule has 0 fully saturated rings. The van der Waals surface area contributed by atoms with Gasteiger partial charge in [-0.15, -0.1) is 0 Å². The number of aromatic nitrogens is 5. The van der Waals surface area contributed by atoms with E-state index in [-0.39, 0.29) is 11.5 Å². The van der Waals surface area contributed by atoms with Gasteiger partial charge in [0.05, 0.1) is 22.8 Å². The molecule has 0 radical (unpaired) electrons. The zero-order valence-electron chi connectivity index (χ0n) is 20.9. The zero-order chi connectivity index (χ0) is 26.0. The quantitative estimate of drug-likeness (QED) is 0.256. The maximum Gasteiger partial charge on any atom is 0.274 e. The summed E-state index contributed by atoms with van der Waals surface area (Å²) in [5.74, 6) is -0.215. The second-order valence-electron chi connectivity index (χ2n) is 9.68. The molecule has 1 aliphatic heterocycles. The van der Waals surface area contributed by atoms with Gasteiger partial charge in [0.25, 0.3) is 5.56 Å². The summed E-state index contributed by atoms with van der Waals surface area (Å²) in [5, 5.41) is 0.509. The maximum atomic E-state index is 12.7. The number of carbonyl (C=O) groups excluding carboxylic acids is 1. The molecule has 6 rings (SSSR count). The van der Waals surface area contributed by atoms with Gasteiger partial charge in [-0.05, 0) is 66.9 Å². The fourth-order valence-electron chi connectivity index (χ4n) is 5.44. The van der Waals surface area contributed by atoms with Crippen LogP contribution in [-0.2, 0) is 20.0 Å². The summed E-state index contributed by atoms with van der Waals surface area (Å²) < 4.78 is 4.76. The van der Waals surface area contributed by atoms with Crippen LogP contribution in [0, 0.1) is 6.92 Å².